The van der Waals surface area contributed by atoms with E-state index in [0.29, 0.717) is 6.54 Å². The molecule has 0 aromatic carbocycles. The topological polar surface area (TPSA) is 89.3 Å². The molecule has 0 fully saturated rings. The second kappa shape index (κ2) is 4.87. The number of rotatable bonds is 5. The minimum atomic E-state index is -3.33. The molecule has 0 bridgehead atoms. The van der Waals surface area contributed by atoms with Crippen LogP contribution in [0.2, 0.25) is 0 Å². The molecule has 0 atom stereocenters. The summed E-state index contributed by atoms with van der Waals surface area (Å²) < 4.78 is 25.0. The molecule has 6 nitrogen and oxygen atoms in total. The van der Waals surface area contributed by atoms with Gasteiger partial charge in [0.15, 0.2) is 9.84 Å². The summed E-state index contributed by atoms with van der Waals surface area (Å²) in [5.74, 6) is -1.45. The van der Waals surface area contributed by atoms with Gasteiger partial charge in [0.2, 0.25) is 0 Å². The molecule has 96 valence electrons. The lowest BCUT2D eigenvalue weighted by atomic mass is 10.3. The highest BCUT2D eigenvalue weighted by Gasteiger charge is 2.24. The van der Waals surface area contributed by atoms with Crippen LogP contribution in [0.15, 0.2) is 6.20 Å². The zero-order valence-corrected chi connectivity index (χ0v) is 10.9. The van der Waals surface area contributed by atoms with E-state index in [1.54, 1.807) is 20.8 Å². The summed E-state index contributed by atoms with van der Waals surface area (Å²) in [5.41, 5.74) is 0.199. The van der Waals surface area contributed by atoms with E-state index in [0.717, 1.165) is 0 Å². The molecular weight excluding hydrogens is 244 g/mol. The normalized spacial score (nSPS) is 12.0. The molecule has 0 radical (unpaired) electrons. The predicted octanol–water partition coefficient (Wildman–Crippen LogP) is 0.924. The zero-order valence-electron chi connectivity index (χ0n) is 10.0. The number of sulfone groups is 1. The Kier molecular flexibility index (Phi) is 3.92. The van der Waals surface area contributed by atoms with Gasteiger partial charge < -0.3 is 5.11 Å². The highest BCUT2D eigenvalue weighted by atomic mass is 32.2. The zero-order chi connectivity index (χ0) is 13.2. The van der Waals surface area contributed by atoms with Gasteiger partial charge in [0, 0.05) is 6.54 Å². The number of aromatic nitrogens is 2. The van der Waals surface area contributed by atoms with E-state index in [9.17, 15) is 13.2 Å². The van der Waals surface area contributed by atoms with Crippen molar-refractivity contribution in [3.05, 3.63) is 17.5 Å². The van der Waals surface area contributed by atoms with Crippen LogP contribution in [-0.4, -0.2) is 34.5 Å². The van der Waals surface area contributed by atoms with Crippen molar-refractivity contribution in [2.24, 2.45) is 0 Å². The largest absolute Gasteiger partial charge is 0.478 e. The van der Waals surface area contributed by atoms with E-state index in [2.05, 4.69) is 5.10 Å². The van der Waals surface area contributed by atoms with Crippen LogP contribution in [0.25, 0.3) is 0 Å². The molecule has 1 aromatic heterocycles. The average Bonchev–Trinajstić information content (AvgIpc) is 2.59. The van der Waals surface area contributed by atoms with Crippen LogP contribution in [0.5, 0.6) is 0 Å². The number of carboxylic acids is 1. The number of aryl methyl sites for hydroxylation is 1. The smallest absolute Gasteiger partial charge is 0.339 e. The predicted molar refractivity (Wildman–Crippen MR) is 62.6 cm³/mol. The Morgan fingerprint density at radius 1 is 1.53 bits per heavy atom. The summed E-state index contributed by atoms with van der Waals surface area (Å²) in [6.45, 7) is 5.37. The van der Waals surface area contributed by atoms with Crippen LogP contribution >= 0.6 is 0 Å². The molecule has 0 saturated heterocycles. The first-order chi connectivity index (χ1) is 7.79. The Balaban J connectivity index is 3.21. The number of carbonyl (C=O) groups is 1. The lowest BCUT2D eigenvalue weighted by molar-refractivity contribution is 0.0696. The van der Waals surface area contributed by atoms with E-state index in [1.807, 2.05) is 0 Å². The Bertz CT molecular complexity index is 516. The fourth-order valence-electron chi connectivity index (χ4n) is 1.37. The second-order valence-electron chi connectivity index (χ2n) is 3.98. The van der Waals surface area contributed by atoms with Gasteiger partial charge in [0.1, 0.15) is 5.56 Å². The second-order valence-corrected chi connectivity index (χ2v) is 6.54. The standard InChI is InChI=1S/C10H16N2O4S/c1-4-12-9(6-17(15,16)7(2)3)8(5-11-12)10(13)14/h5,7H,4,6H2,1-3H3,(H,13,14). The molecule has 0 unspecified atom stereocenters. The van der Waals surface area contributed by atoms with Gasteiger partial charge in [-0.15, -0.1) is 0 Å². The van der Waals surface area contributed by atoms with E-state index in [4.69, 9.17) is 5.11 Å². The molecule has 0 amide bonds. The van der Waals surface area contributed by atoms with Crippen LogP contribution in [0.1, 0.15) is 36.8 Å². The fraction of sp³-hybridized carbons (Fsp3) is 0.600. The molecule has 0 aliphatic heterocycles. The van der Waals surface area contributed by atoms with Gasteiger partial charge in [-0.3, -0.25) is 4.68 Å². The van der Waals surface area contributed by atoms with E-state index in [1.165, 1.54) is 10.9 Å². The van der Waals surface area contributed by atoms with Crippen LogP contribution in [-0.2, 0) is 22.1 Å². The number of aromatic carboxylic acids is 1. The van der Waals surface area contributed by atoms with Crippen LogP contribution in [0, 0.1) is 0 Å². The van der Waals surface area contributed by atoms with E-state index in [-0.39, 0.29) is 17.0 Å². The van der Waals surface area contributed by atoms with Crippen molar-refractivity contribution in [2.45, 2.75) is 38.3 Å². The molecule has 0 aliphatic carbocycles. The van der Waals surface area contributed by atoms with Crippen molar-refractivity contribution in [1.82, 2.24) is 9.78 Å². The van der Waals surface area contributed by atoms with Crippen molar-refractivity contribution in [2.75, 3.05) is 0 Å². The summed E-state index contributed by atoms with van der Waals surface area (Å²) in [6, 6.07) is 0. The number of carboxylic acid groups (broad SMARTS) is 1. The van der Waals surface area contributed by atoms with Gasteiger partial charge in [-0.25, -0.2) is 13.2 Å². The summed E-state index contributed by atoms with van der Waals surface area (Å²) in [4.78, 5) is 11.0. The monoisotopic (exact) mass is 260 g/mol. The van der Waals surface area contributed by atoms with Crippen molar-refractivity contribution < 1.29 is 18.3 Å². The van der Waals surface area contributed by atoms with Gasteiger partial charge in [-0.05, 0) is 20.8 Å². The van der Waals surface area contributed by atoms with Crippen molar-refractivity contribution in [3.8, 4) is 0 Å². The molecule has 17 heavy (non-hydrogen) atoms. The average molecular weight is 260 g/mol. The van der Waals surface area contributed by atoms with Crippen LogP contribution in [0.4, 0.5) is 0 Å². The van der Waals surface area contributed by atoms with Gasteiger partial charge in [-0.2, -0.15) is 5.10 Å². The van der Waals surface area contributed by atoms with Gasteiger partial charge in [0.25, 0.3) is 0 Å². The van der Waals surface area contributed by atoms with Gasteiger partial charge in [0.05, 0.1) is 22.9 Å². The molecule has 0 aliphatic rings. The fourth-order valence-corrected chi connectivity index (χ4v) is 2.39. The molecule has 7 heteroatoms. The summed E-state index contributed by atoms with van der Waals surface area (Å²) in [5, 5.41) is 12.3. The molecule has 1 rings (SSSR count). The highest BCUT2D eigenvalue weighted by Crippen LogP contribution is 2.15. The third-order valence-electron chi connectivity index (χ3n) is 2.53. The molecule has 0 spiro atoms. The Morgan fingerprint density at radius 3 is 2.53 bits per heavy atom. The van der Waals surface area contributed by atoms with Gasteiger partial charge >= 0.3 is 5.97 Å². The van der Waals surface area contributed by atoms with Gasteiger partial charge in [-0.1, -0.05) is 0 Å². The van der Waals surface area contributed by atoms with Crippen LogP contribution in [0.3, 0.4) is 0 Å². The van der Waals surface area contributed by atoms with Crippen LogP contribution < -0.4 is 0 Å². The van der Waals surface area contributed by atoms with Crippen molar-refractivity contribution in [3.63, 3.8) is 0 Å². The third-order valence-corrected chi connectivity index (χ3v) is 4.65. The number of nitrogens with zero attached hydrogens (tertiary/aromatic N) is 2. The summed E-state index contributed by atoms with van der Waals surface area (Å²) in [6.07, 6.45) is 1.19. The first-order valence-corrected chi connectivity index (χ1v) is 7.00. The quantitative estimate of drug-likeness (QED) is 0.850. The molecule has 1 N–H and O–H groups in total. The molecule has 0 saturated carbocycles. The minimum Gasteiger partial charge on any atom is -0.478 e. The number of hydrogen-bond acceptors (Lipinski definition) is 4. The van der Waals surface area contributed by atoms with Crippen molar-refractivity contribution >= 4 is 15.8 Å². The van der Waals surface area contributed by atoms with E-state index < -0.39 is 21.1 Å². The maximum absolute atomic E-state index is 11.8. The Hall–Kier alpha value is -1.37. The lowest BCUT2D eigenvalue weighted by Gasteiger charge is -2.10. The summed E-state index contributed by atoms with van der Waals surface area (Å²) in [7, 11) is -3.33. The Labute approximate surface area is 100 Å². The first kappa shape index (κ1) is 13.7. The highest BCUT2D eigenvalue weighted by molar-refractivity contribution is 7.91. The molecule has 1 heterocycles. The molecule has 1 aromatic rings. The third kappa shape index (κ3) is 2.85. The molecular formula is C10H16N2O4S. The SMILES string of the molecule is CCn1ncc(C(=O)O)c1CS(=O)(=O)C(C)C. The maximum Gasteiger partial charge on any atom is 0.339 e. The lowest BCUT2D eigenvalue weighted by Crippen LogP contribution is -2.20. The van der Waals surface area contributed by atoms with E-state index >= 15 is 0 Å². The Morgan fingerprint density at radius 2 is 2.12 bits per heavy atom. The minimum absolute atomic E-state index is 0.0453. The first-order valence-electron chi connectivity index (χ1n) is 5.29. The maximum atomic E-state index is 11.8. The van der Waals surface area contributed by atoms with Crippen molar-refractivity contribution in [1.29, 1.82) is 0 Å². The number of hydrogen-bond donors (Lipinski definition) is 1. The summed E-state index contributed by atoms with van der Waals surface area (Å²) >= 11 is 0.